The Hall–Kier alpha value is -3.65. The third kappa shape index (κ3) is 6.77. The maximum Gasteiger partial charge on any atom is 0.407 e. The Morgan fingerprint density at radius 1 is 1.05 bits per heavy atom. The van der Waals surface area contributed by atoms with Crippen molar-refractivity contribution in [3.63, 3.8) is 0 Å². The van der Waals surface area contributed by atoms with E-state index in [0.717, 1.165) is 48.1 Å². The van der Waals surface area contributed by atoms with Gasteiger partial charge in [-0.2, -0.15) is 0 Å². The molecule has 2 heterocycles. The van der Waals surface area contributed by atoms with E-state index in [0.29, 0.717) is 31.1 Å². The molecular weight excluding hydrogens is 466 g/mol. The highest BCUT2D eigenvalue weighted by Crippen LogP contribution is 2.30. The number of carbonyl (C=O) groups is 1. The highest BCUT2D eigenvalue weighted by molar-refractivity contribution is 6.06. The van der Waals surface area contributed by atoms with Gasteiger partial charge >= 0.3 is 6.09 Å². The molecule has 0 unspecified atom stereocenters. The lowest BCUT2D eigenvalue weighted by molar-refractivity contribution is 0.0527. The van der Waals surface area contributed by atoms with E-state index in [4.69, 9.17) is 25.2 Å². The summed E-state index contributed by atoms with van der Waals surface area (Å²) < 4.78 is 13.2. The van der Waals surface area contributed by atoms with Crippen LogP contribution in [0.15, 0.2) is 48.5 Å². The molecule has 0 fully saturated rings. The van der Waals surface area contributed by atoms with Crippen LogP contribution in [-0.4, -0.2) is 39.4 Å². The molecule has 4 rings (SSSR count). The van der Waals surface area contributed by atoms with E-state index in [1.807, 2.05) is 33.8 Å². The average Bonchev–Trinajstić information content (AvgIpc) is 3.21. The van der Waals surface area contributed by atoms with Gasteiger partial charge in [-0.25, -0.2) is 14.8 Å². The molecular formula is C29H37N5O3. The maximum atomic E-state index is 11.9. The molecule has 0 bridgehead atoms. The topological polar surface area (TPSA) is 104 Å². The number of nitrogens with one attached hydrogen (secondary N) is 1. The molecule has 0 aliphatic carbocycles. The lowest BCUT2D eigenvalue weighted by Crippen LogP contribution is -2.33. The first kappa shape index (κ1) is 26.4. The van der Waals surface area contributed by atoms with Crippen molar-refractivity contribution in [1.82, 2.24) is 19.9 Å². The van der Waals surface area contributed by atoms with Crippen LogP contribution < -0.4 is 11.1 Å². The Morgan fingerprint density at radius 3 is 2.57 bits per heavy atom. The summed E-state index contributed by atoms with van der Waals surface area (Å²) in [5.74, 6) is 1.24. The average molecular weight is 504 g/mol. The lowest BCUT2D eigenvalue weighted by atomic mass is 10.0. The molecule has 0 spiro atoms. The molecule has 2 aromatic heterocycles. The highest BCUT2D eigenvalue weighted by Gasteiger charge is 2.18. The molecule has 0 aliphatic heterocycles. The molecule has 37 heavy (non-hydrogen) atoms. The van der Waals surface area contributed by atoms with Crippen LogP contribution in [0.2, 0.25) is 0 Å². The van der Waals surface area contributed by atoms with Crippen molar-refractivity contribution in [2.45, 2.75) is 65.7 Å². The van der Waals surface area contributed by atoms with Crippen molar-refractivity contribution in [2.24, 2.45) is 0 Å². The number of hydrogen-bond acceptors (Lipinski definition) is 6. The van der Waals surface area contributed by atoms with Gasteiger partial charge in [0, 0.05) is 25.1 Å². The van der Waals surface area contributed by atoms with Gasteiger partial charge in [0.25, 0.3) is 0 Å². The molecule has 3 N–H and O–H groups in total. The number of fused-ring (bicyclic) bond motifs is 3. The van der Waals surface area contributed by atoms with Crippen LogP contribution in [-0.2, 0) is 29.0 Å². The van der Waals surface area contributed by atoms with Gasteiger partial charge in [0.2, 0.25) is 0 Å². The van der Waals surface area contributed by atoms with E-state index in [-0.39, 0.29) is 0 Å². The summed E-state index contributed by atoms with van der Waals surface area (Å²) in [6.07, 6.45) is 2.08. The second-order valence-corrected chi connectivity index (χ2v) is 10.2. The van der Waals surface area contributed by atoms with Crippen molar-refractivity contribution < 1.29 is 14.3 Å². The van der Waals surface area contributed by atoms with E-state index < -0.39 is 11.7 Å². The van der Waals surface area contributed by atoms with E-state index in [1.54, 1.807) is 0 Å². The standard InChI is InChI=1S/C29H37N5O3/c1-5-36-19-24-33-25-26(34(24)16-10-9-15-31-28(35)37-29(2,3)4)22-14-13-21(18-23(22)32-27(25)30)17-20-11-7-6-8-12-20/h6-8,11-14,18H,5,9-10,15-17,19H2,1-4H3,(H2,30,32)(H,31,35). The summed E-state index contributed by atoms with van der Waals surface area (Å²) in [6, 6.07) is 16.8. The van der Waals surface area contributed by atoms with Crippen LogP contribution in [0.5, 0.6) is 0 Å². The number of benzene rings is 2. The zero-order chi connectivity index (χ0) is 26.4. The summed E-state index contributed by atoms with van der Waals surface area (Å²) in [5.41, 5.74) is 10.9. The second-order valence-electron chi connectivity index (χ2n) is 10.2. The Balaban J connectivity index is 1.58. The minimum absolute atomic E-state index is 0.395. The van der Waals surface area contributed by atoms with Gasteiger partial charge in [0.15, 0.2) is 5.82 Å². The number of aryl methyl sites for hydroxylation is 1. The number of nitrogen functional groups attached to an aromatic ring is 1. The smallest absolute Gasteiger partial charge is 0.407 e. The molecule has 196 valence electrons. The first-order chi connectivity index (χ1) is 17.7. The molecule has 8 heteroatoms. The summed E-state index contributed by atoms with van der Waals surface area (Å²) in [6.45, 7) is 9.78. The number of imidazole rings is 1. The lowest BCUT2D eigenvalue weighted by Gasteiger charge is -2.19. The van der Waals surface area contributed by atoms with Gasteiger partial charge in [0.05, 0.1) is 11.0 Å². The summed E-state index contributed by atoms with van der Waals surface area (Å²) in [7, 11) is 0. The van der Waals surface area contributed by atoms with E-state index >= 15 is 0 Å². The van der Waals surface area contributed by atoms with Gasteiger partial charge < -0.3 is 25.1 Å². The zero-order valence-corrected chi connectivity index (χ0v) is 22.2. The monoisotopic (exact) mass is 503 g/mol. The van der Waals surface area contributed by atoms with Crippen LogP contribution in [0.25, 0.3) is 21.9 Å². The Kier molecular flexibility index (Phi) is 8.28. The number of carbonyl (C=O) groups excluding carboxylic acids is 1. The number of rotatable bonds is 10. The van der Waals surface area contributed by atoms with Crippen molar-refractivity contribution in [3.8, 4) is 0 Å². The van der Waals surface area contributed by atoms with E-state index in [2.05, 4.69) is 52.3 Å². The zero-order valence-electron chi connectivity index (χ0n) is 22.2. The van der Waals surface area contributed by atoms with E-state index in [1.165, 1.54) is 11.1 Å². The molecule has 1 amide bonds. The fraction of sp³-hybridized carbons (Fsp3) is 0.414. The predicted molar refractivity (Wildman–Crippen MR) is 147 cm³/mol. The van der Waals surface area contributed by atoms with Gasteiger partial charge in [-0.05, 0) is 64.2 Å². The minimum atomic E-state index is -0.510. The molecule has 8 nitrogen and oxygen atoms in total. The maximum absolute atomic E-state index is 11.9. The van der Waals surface area contributed by atoms with Gasteiger partial charge in [-0.1, -0.05) is 42.5 Å². The summed E-state index contributed by atoms with van der Waals surface area (Å²) in [5, 5.41) is 3.85. The number of nitrogens with zero attached hydrogens (tertiary/aromatic N) is 3. The number of pyridine rings is 1. The molecule has 2 aromatic carbocycles. The Bertz CT molecular complexity index is 1360. The first-order valence-electron chi connectivity index (χ1n) is 12.9. The quantitative estimate of drug-likeness (QED) is 0.273. The van der Waals surface area contributed by atoms with Gasteiger partial charge in [-0.15, -0.1) is 0 Å². The number of aromatic nitrogens is 3. The fourth-order valence-electron chi connectivity index (χ4n) is 4.39. The number of anilines is 1. The molecule has 0 atom stereocenters. The predicted octanol–water partition coefficient (Wildman–Crippen LogP) is 5.60. The number of nitrogens with two attached hydrogens (primary N) is 1. The SMILES string of the molecule is CCOCc1nc2c(N)nc3cc(Cc4ccccc4)ccc3c2n1CCCCNC(=O)OC(C)(C)C. The Labute approximate surface area is 218 Å². The third-order valence-corrected chi connectivity index (χ3v) is 6.01. The molecule has 0 saturated carbocycles. The molecule has 0 saturated heterocycles. The van der Waals surface area contributed by atoms with Crippen LogP contribution in [0.1, 0.15) is 57.5 Å². The van der Waals surface area contributed by atoms with Crippen LogP contribution in [0, 0.1) is 0 Å². The van der Waals surface area contributed by atoms with Crippen molar-refractivity contribution in [2.75, 3.05) is 18.9 Å². The molecule has 0 aliphatic rings. The Morgan fingerprint density at radius 2 is 1.84 bits per heavy atom. The van der Waals surface area contributed by atoms with Crippen LogP contribution in [0.4, 0.5) is 10.6 Å². The first-order valence-corrected chi connectivity index (χ1v) is 12.9. The van der Waals surface area contributed by atoms with E-state index in [9.17, 15) is 4.79 Å². The summed E-state index contributed by atoms with van der Waals surface area (Å²) >= 11 is 0. The largest absolute Gasteiger partial charge is 0.444 e. The summed E-state index contributed by atoms with van der Waals surface area (Å²) in [4.78, 5) is 21.5. The van der Waals surface area contributed by atoms with Crippen molar-refractivity contribution in [1.29, 1.82) is 0 Å². The van der Waals surface area contributed by atoms with Crippen molar-refractivity contribution >= 4 is 33.8 Å². The second kappa shape index (κ2) is 11.6. The number of ether oxygens (including phenoxy) is 2. The number of amides is 1. The molecule has 0 radical (unpaired) electrons. The highest BCUT2D eigenvalue weighted by atomic mass is 16.6. The van der Waals surface area contributed by atoms with Gasteiger partial charge in [-0.3, -0.25) is 0 Å². The third-order valence-electron chi connectivity index (χ3n) is 6.01. The molecule has 4 aromatic rings. The number of unbranched alkanes of at least 4 members (excludes halogenated alkanes) is 1. The number of alkyl carbamates (subject to hydrolysis) is 1. The van der Waals surface area contributed by atoms with Crippen LogP contribution >= 0.6 is 0 Å². The van der Waals surface area contributed by atoms with Gasteiger partial charge in [0.1, 0.15) is 23.5 Å². The number of hydrogen-bond donors (Lipinski definition) is 2. The normalized spacial score (nSPS) is 11.8. The van der Waals surface area contributed by atoms with Crippen LogP contribution in [0.3, 0.4) is 0 Å². The van der Waals surface area contributed by atoms with Crippen molar-refractivity contribution in [3.05, 3.63) is 65.5 Å². The minimum Gasteiger partial charge on any atom is -0.444 e. The fourth-order valence-corrected chi connectivity index (χ4v) is 4.39.